The molecule has 2 fully saturated rings. The Bertz CT molecular complexity index is 679. The maximum Gasteiger partial charge on any atom is 0.410 e. The molecule has 0 bridgehead atoms. The number of aryl methyl sites for hydroxylation is 1. The van der Waals surface area contributed by atoms with Crippen LogP contribution in [0, 0.1) is 0 Å². The lowest BCUT2D eigenvalue weighted by molar-refractivity contribution is 0.00898. The third kappa shape index (κ3) is 4.45. The molecule has 0 aliphatic carbocycles. The van der Waals surface area contributed by atoms with Gasteiger partial charge in [-0.3, -0.25) is 9.48 Å². The van der Waals surface area contributed by atoms with Crippen molar-refractivity contribution in [2.24, 2.45) is 0 Å². The zero-order chi connectivity index (χ0) is 19.6. The number of carbonyl (C=O) groups excluding carboxylic acids is 2. The second-order valence-electron chi connectivity index (χ2n) is 8.53. The van der Waals surface area contributed by atoms with E-state index >= 15 is 0 Å². The van der Waals surface area contributed by atoms with Crippen molar-refractivity contribution in [2.75, 3.05) is 13.1 Å². The SMILES string of the molecule is CCn1cc(C(=O)N2CC[C@@H]3[C@H]2CCCCCN3C(=O)OC(C)(C)C)cn1. The molecule has 7 heteroatoms. The van der Waals surface area contributed by atoms with Gasteiger partial charge in [0, 0.05) is 25.8 Å². The fraction of sp³-hybridized carbons (Fsp3) is 0.750. The minimum Gasteiger partial charge on any atom is -0.444 e. The minimum atomic E-state index is -0.516. The Hall–Kier alpha value is -2.05. The first kappa shape index (κ1) is 19.7. The van der Waals surface area contributed by atoms with Gasteiger partial charge < -0.3 is 14.5 Å². The van der Waals surface area contributed by atoms with Crippen molar-refractivity contribution < 1.29 is 14.3 Å². The predicted molar refractivity (Wildman–Crippen MR) is 103 cm³/mol. The van der Waals surface area contributed by atoms with Gasteiger partial charge in [-0.2, -0.15) is 5.10 Å². The van der Waals surface area contributed by atoms with Gasteiger partial charge in [0.05, 0.1) is 23.8 Å². The molecule has 0 unspecified atom stereocenters. The van der Waals surface area contributed by atoms with Crippen LogP contribution in [0.25, 0.3) is 0 Å². The Morgan fingerprint density at radius 2 is 1.85 bits per heavy atom. The normalized spacial score (nSPS) is 23.6. The summed E-state index contributed by atoms with van der Waals surface area (Å²) in [7, 11) is 0. The fourth-order valence-corrected chi connectivity index (χ4v) is 4.14. The molecule has 0 N–H and O–H groups in total. The molecule has 3 rings (SSSR count). The van der Waals surface area contributed by atoms with Crippen LogP contribution in [0.15, 0.2) is 12.4 Å². The summed E-state index contributed by atoms with van der Waals surface area (Å²) in [6.07, 6.45) is 8.07. The molecule has 2 aliphatic rings. The smallest absolute Gasteiger partial charge is 0.410 e. The zero-order valence-electron chi connectivity index (χ0n) is 17.0. The van der Waals surface area contributed by atoms with Crippen LogP contribution in [-0.2, 0) is 11.3 Å². The van der Waals surface area contributed by atoms with Gasteiger partial charge >= 0.3 is 6.09 Å². The molecule has 1 aromatic heterocycles. The Kier molecular flexibility index (Phi) is 5.77. The third-order valence-corrected chi connectivity index (χ3v) is 5.40. The van der Waals surface area contributed by atoms with E-state index < -0.39 is 5.60 Å². The molecule has 7 nitrogen and oxygen atoms in total. The average molecular weight is 377 g/mol. The van der Waals surface area contributed by atoms with Crippen molar-refractivity contribution in [3.8, 4) is 0 Å². The van der Waals surface area contributed by atoms with Gasteiger partial charge in [0.15, 0.2) is 0 Å². The van der Waals surface area contributed by atoms with Crippen molar-refractivity contribution in [2.45, 2.75) is 84.0 Å². The minimum absolute atomic E-state index is 0.0203. The number of likely N-dealkylation sites (tertiary alicyclic amines) is 2. The number of amides is 2. The maximum atomic E-state index is 13.1. The van der Waals surface area contributed by atoms with E-state index in [0.717, 1.165) is 38.6 Å². The van der Waals surface area contributed by atoms with Gasteiger partial charge in [-0.05, 0) is 47.0 Å². The van der Waals surface area contributed by atoms with Crippen LogP contribution >= 0.6 is 0 Å². The second kappa shape index (κ2) is 7.90. The Labute approximate surface area is 161 Å². The monoisotopic (exact) mass is 376 g/mol. The summed E-state index contributed by atoms with van der Waals surface area (Å²) in [4.78, 5) is 29.7. The lowest BCUT2D eigenvalue weighted by atomic mass is 9.97. The van der Waals surface area contributed by atoms with Crippen molar-refractivity contribution >= 4 is 12.0 Å². The van der Waals surface area contributed by atoms with Gasteiger partial charge in [-0.15, -0.1) is 0 Å². The highest BCUT2D eigenvalue weighted by atomic mass is 16.6. The first-order chi connectivity index (χ1) is 12.8. The highest BCUT2D eigenvalue weighted by Crippen LogP contribution is 2.31. The Morgan fingerprint density at radius 3 is 2.52 bits per heavy atom. The second-order valence-corrected chi connectivity index (χ2v) is 8.53. The highest BCUT2D eigenvalue weighted by molar-refractivity contribution is 5.94. The van der Waals surface area contributed by atoms with Crippen LogP contribution < -0.4 is 0 Å². The number of aromatic nitrogens is 2. The molecule has 0 aromatic carbocycles. The van der Waals surface area contributed by atoms with E-state index in [0.29, 0.717) is 18.7 Å². The molecule has 2 saturated heterocycles. The molecule has 150 valence electrons. The third-order valence-electron chi connectivity index (χ3n) is 5.40. The number of hydrogen-bond acceptors (Lipinski definition) is 4. The molecule has 3 heterocycles. The molecule has 0 spiro atoms. The van der Waals surface area contributed by atoms with Gasteiger partial charge in [0.25, 0.3) is 5.91 Å². The lowest BCUT2D eigenvalue weighted by Gasteiger charge is -2.38. The summed E-state index contributed by atoms with van der Waals surface area (Å²) in [6.45, 7) is 9.79. The molecule has 0 radical (unpaired) electrons. The van der Waals surface area contributed by atoms with E-state index in [4.69, 9.17) is 4.74 Å². The molecular formula is C20H32N4O3. The standard InChI is InChI=1S/C20H32N4O3/c1-5-22-14-15(13-21-22)18(25)23-12-10-17-16(23)9-7-6-8-11-24(17)19(26)27-20(2,3)4/h13-14,16-17H,5-12H2,1-4H3/t16-,17-/m1/s1. The first-order valence-corrected chi connectivity index (χ1v) is 10.1. The van der Waals surface area contributed by atoms with E-state index in [2.05, 4.69) is 5.10 Å². The molecule has 27 heavy (non-hydrogen) atoms. The molecule has 2 amide bonds. The van der Waals surface area contributed by atoms with Crippen molar-refractivity contribution in [3.63, 3.8) is 0 Å². The number of rotatable bonds is 2. The molecule has 2 aliphatic heterocycles. The van der Waals surface area contributed by atoms with Crippen LogP contribution in [0.2, 0.25) is 0 Å². The van der Waals surface area contributed by atoms with E-state index in [1.54, 1.807) is 10.9 Å². The molecule has 2 atom stereocenters. The Morgan fingerprint density at radius 1 is 1.11 bits per heavy atom. The lowest BCUT2D eigenvalue weighted by Crippen LogP contribution is -2.51. The van der Waals surface area contributed by atoms with E-state index in [9.17, 15) is 9.59 Å². The molecule has 0 saturated carbocycles. The van der Waals surface area contributed by atoms with Crippen molar-refractivity contribution in [1.82, 2.24) is 19.6 Å². The van der Waals surface area contributed by atoms with Gasteiger partial charge in [0.1, 0.15) is 5.60 Å². The number of nitrogens with zero attached hydrogens (tertiary/aromatic N) is 4. The zero-order valence-corrected chi connectivity index (χ0v) is 17.0. The quantitative estimate of drug-likeness (QED) is 0.794. The maximum absolute atomic E-state index is 13.1. The van der Waals surface area contributed by atoms with Crippen LogP contribution in [0.5, 0.6) is 0 Å². The molecular weight excluding hydrogens is 344 g/mol. The number of carbonyl (C=O) groups is 2. The number of fused-ring (bicyclic) bond motifs is 1. The van der Waals surface area contributed by atoms with Gasteiger partial charge in [-0.1, -0.05) is 12.8 Å². The summed E-state index contributed by atoms with van der Waals surface area (Å²) in [5.41, 5.74) is 0.112. The fourth-order valence-electron chi connectivity index (χ4n) is 4.14. The molecule has 1 aromatic rings. The van der Waals surface area contributed by atoms with E-state index in [-0.39, 0.29) is 24.1 Å². The largest absolute Gasteiger partial charge is 0.444 e. The topological polar surface area (TPSA) is 67.7 Å². The van der Waals surface area contributed by atoms with Gasteiger partial charge in [0.2, 0.25) is 0 Å². The van der Waals surface area contributed by atoms with Gasteiger partial charge in [-0.25, -0.2) is 4.79 Å². The van der Waals surface area contributed by atoms with Crippen LogP contribution in [0.3, 0.4) is 0 Å². The average Bonchev–Trinajstić information content (AvgIpc) is 3.19. The van der Waals surface area contributed by atoms with E-state index in [1.165, 1.54) is 0 Å². The summed E-state index contributed by atoms with van der Waals surface area (Å²) in [5.74, 6) is 0.0203. The Balaban J connectivity index is 1.78. The van der Waals surface area contributed by atoms with Crippen molar-refractivity contribution in [1.29, 1.82) is 0 Å². The van der Waals surface area contributed by atoms with Crippen LogP contribution in [-0.4, -0.2) is 62.4 Å². The predicted octanol–water partition coefficient (Wildman–Crippen LogP) is 3.30. The highest BCUT2D eigenvalue weighted by Gasteiger charge is 2.43. The van der Waals surface area contributed by atoms with E-state index in [1.807, 2.05) is 43.7 Å². The number of ether oxygens (including phenoxy) is 1. The number of hydrogen-bond donors (Lipinski definition) is 0. The first-order valence-electron chi connectivity index (χ1n) is 10.1. The summed E-state index contributed by atoms with van der Waals surface area (Å²) < 4.78 is 7.42. The summed E-state index contributed by atoms with van der Waals surface area (Å²) in [6, 6.07) is 0.0839. The van der Waals surface area contributed by atoms with Crippen molar-refractivity contribution in [3.05, 3.63) is 18.0 Å². The summed E-state index contributed by atoms with van der Waals surface area (Å²) in [5, 5.41) is 4.23. The summed E-state index contributed by atoms with van der Waals surface area (Å²) >= 11 is 0. The van der Waals surface area contributed by atoms with Crippen LogP contribution in [0.4, 0.5) is 4.79 Å². The van der Waals surface area contributed by atoms with Crippen LogP contribution in [0.1, 0.15) is 70.2 Å².